The van der Waals surface area contributed by atoms with Crippen LogP contribution in [0, 0.1) is 0 Å². The minimum absolute atomic E-state index is 0.146. The highest BCUT2D eigenvalue weighted by Crippen LogP contribution is 2.36. The molecule has 2 N–H and O–H groups in total. The maximum absolute atomic E-state index is 9.97. The number of nitrogens with zero attached hydrogens (tertiary/aromatic N) is 2. The number of phenolic OH excluding ortho intramolecular Hbond substituents is 1. The quantitative estimate of drug-likeness (QED) is 0.703. The molecule has 0 aliphatic rings. The molecule has 0 amide bonds. The first kappa shape index (κ1) is 14.8. The van der Waals surface area contributed by atoms with Gasteiger partial charge in [-0.1, -0.05) is 27.3 Å². The zero-order valence-corrected chi connectivity index (χ0v) is 14.0. The fourth-order valence-corrected chi connectivity index (χ4v) is 2.91. The molecular weight excluding hydrogens is 366 g/mol. The number of anilines is 2. The Hall–Kier alpha value is -2.12. The molecule has 0 fully saturated rings. The first-order chi connectivity index (χ1) is 10.7. The van der Waals surface area contributed by atoms with E-state index in [4.69, 9.17) is 4.74 Å². The van der Waals surface area contributed by atoms with Crippen LogP contribution >= 0.6 is 27.3 Å². The number of benzene rings is 2. The van der Waals surface area contributed by atoms with Gasteiger partial charge in [0.15, 0.2) is 5.01 Å². The van der Waals surface area contributed by atoms with E-state index in [1.165, 1.54) is 11.3 Å². The molecule has 3 aromatic rings. The summed E-state index contributed by atoms with van der Waals surface area (Å²) in [7, 11) is 1.58. The van der Waals surface area contributed by atoms with Gasteiger partial charge in [-0.3, -0.25) is 0 Å². The highest BCUT2D eigenvalue weighted by molar-refractivity contribution is 9.10. The molecule has 0 saturated heterocycles. The SMILES string of the molecule is COc1ccc(O)c(-c2nnc(Nc3ccc(Br)cc3)s2)c1. The van der Waals surface area contributed by atoms with Crippen molar-refractivity contribution < 1.29 is 9.84 Å². The second kappa shape index (κ2) is 6.33. The van der Waals surface area contributed by atoms with Crippen molar-refractivity contribution in [1.82, 2.24) is 10.2 Å². The van der Waals surface area contributed by atoms with Crippen LogP contribution in [0.5, 0.6) is 11.5 Å². The molecule has 0 aliphatic carbocycles. The van der Waals surface area contributed by atoms with Gasteiger partial charge in [-0.05, 0) is 42.5 Å². The Labute approximate surface area is 139 Å². The van der Waals surface area contributed by atoms with Crippen molar-refractivity contribution in [2.45, 2.75) is 0 Å². The lowest BCUT2D eigenvalue weighted by Gasteiger charge is -2.04. The Bertz CT molecular complexity index is 790. The smallest absolute Gasteiger partial charge is 0.210 e. The Morgan fingerprint density at radius 3 is 2.64 bits per heavy atom. The summed E-state index contributed by atoms with van der Waals surface area (Å²) in [6.07, 6.45) is 0. The molecule has 1 heterocycles. The molecule has 112 valence electrons. The summed E-state index contributed by atoms with van der Waals surface area (Å²) in [5, 5.41) is 22.6. The number of methoxy groups -OCH3 is 1. The van der Waals surface area contributed by atoms with Gasteiger partial charge in [0, 0.05) is 10.2 Å². The number of aromatic nitrogens is 2. The second-order valence-electron chi connectivity index (χ2n) is 4.43. The highest BCUT2D eigenvalue weighted by Gasteiger charge is 2.12. The van der Waals surface area contributed by atoms with Crippen LogP contribution in [0.4, 0.5) is 10.8 Å². The number of phenols is 1. The number of hydrogen-bond acceptors (Lipinski definition) is 6. The van der Waals surface area contributed by atoms with Gasteiger partial charge in [-0.15, -0.1) is 10.2 Å². The first-order valence-corrected chi connectivity index (χ1v) is 8.00. The first-order valence-electron chi connectivity index (χ1n) is 6.39. The van der Waals surface area contributed by atoms with Crippen LogP contribution in [0.2, 0.25) is 0 Å². The van der Waals surface area contributed by atoms with Gasteiger partial charge in [-0.25, -0.2) is 0 Å². The molecule has 5 nitrogen and oxygen atoms in total. The van der Waals surface area contributed by atoms with E-state index in [1.54, 1.807) is 25.3 Å². The zero-order chi connectivity index (χ0) is 15.5. The summed E-state index contributed by atoms with van der Waals surface area (Å²) in [5.74, 6) is 0.803. The standard InChI is InChI=1S/C15H12BrN3O2S/c1-21-11-6-7-13(20)12(8-11)14-18-19-15(22-14)17-10-4-2-9(16)3-5-10/h2-8,20H,1H3,(H,17,19). The fraction of sp³-hybridized carbons (Fsp3) is 0.0667. The average Bonchev–Trinajstić information content (AvgIpc) is 2.98. The van der Waals surface area contributed by atoms with Gasteiger partial charge in [0.2, 0.25) is 5.13 Å². The lowest BCUT2D eigenvalue weighted by atomic mass is 10.2. The molecule has 0 aliphatic heterocycles. The Morgan fingerprint density at radius 1 is 1.14 bits per heavy atom. The number of nitrogens with one attached hydrogen (secondary N) is 1. The normalized spacial score (nSPS) is 10.5. The molecule has 0 atom stereocenters. The third-order valence-electron chi connectivity index (χ3n) is 2.95. The molecule has 22 heavy (non-hydrogen) atoms. The second-order valence-corrected chi connectivity index (χ2v) is 6.32. The van der Waals surface area contributed by atoms with E-state index in [2.05, 4.69) is 31.4 Å². The molecule has 0 bridgehead atoms. The van der Waals surface area contributed by atoms with Crippen molar-refractivity contribution in [3.63, 3.8) is 0 Å². The van der Waals surface area contributed by atoms with E-state index >= 15 is 0 Å². The number of aromatic hydroxyl groups is 1. The van der Waals surface area contributed by atoms with Gasteiger partial charge in [0.05, 0.1) is 12.7 Å². The van der Waals surface area contributed by atoms with Crippen molar-refractivity contribution in [3.05, 3.63) is 46.9 Å². The van der Waals surface area contributed by atoms with Crippen LogP contribution in [0.3, 0.4) is 0 Å². The van der Waals surface area contributed by atoms with Crippen LogP contribution in [0.25, 0.3) is 10.6 Å². The molecule has 2 aromatic carbocycles. The van der Waals surface area contributed by atoms with Gasteiger partial charge >= 0.3 is 0 Å². The van der Waals surface area contributed by atoms with Crippen LogP contribution in [-0.2, 0) is 0 Å². The fourth-order valence-electron chi connectivity index (χ4n) is 1.85. The maximum atomic E-state index is 9.97. The molecule has 0 radical (unpaired) electrons. The van der Waals surface area contributed by atoms with Crippen molar-refractivity contribution >= 4 is 38.1 Å². The third-order valence-corrected chi connectivity index (χ3v) is 4.36. The molecule has 0 unspecified atom stereocenters. The summed E-state index contributed by atoms with van der Waals surface area (Å²) in [6.45, 7) is 0. The number of rotatable bonds is 4. The van der Waals surface area contributed by atoms with Gasteiger partial charge in [-0.2, -0.15) is 0 Å². The van der Waals surface area contributed by atoms with E-state index in [0.29, 0.717) is 21.5 Å². The summed E-state index contributed by atoms with van der Waals surface area (Å²) in [4.78, 5) is 0. The largest absolute Gasteiger partial charge is 0.507 e. The minimum Gasteiger partial charge on any atom is -0.507 e. The van der Waals surface area contributed by atoms with Crippen LogP contribution in [-0.4, -0.2) is 22.4 Å². The van der Waals surface area contributed by atoms with E-state index in [9.17, 15) is 5.11 Å². The molecule has 0 spiro atoms. The molecule has 3 rings (SSSR count). The van der Waals surface area contributed by atoms with Crippen LogP contribution in [0.15, 0.2) is 46.9 Å². The topological polar surface area (TPSA) is 67.3 Å². The maximum Gasteiger partial charge on any atom is 0.210 e. The van der Waals surface area contributed by atoms with Crippen LogP contribution < -0.4 is 10.1 Å². The lowest BCUT2D eigenvalue weighted by Crippen LogP contribution is -1.88. The lowest BCUT2D eigenvalue weighted by molar-refractivity contribution is 0.412. The summed E-state index contributed by atoms with van der Waals surface area (Å²) in [5.41, 5.74) is 1.52. The predicted molar refractivity (Wildman–Crippen MR) is 91.0 cm³/mol. The Balaban J connectivity index is 1.86. The van der Waals surface area contributed by atoms with Crippen molar-refractivity contribution in [3.8, 4) is 22.1 Å². The molecule has 7 heteroatoms. The molecule has 0 saturated carbocycles. The van der Waals surface area contributed by atoms with Gasteiger partial charge < -0.3 is 15.2 Å². The summed E-state index contributed by atoms with van der Waals surface area (Å²) < 4.78 is 6.18. The number of halogens is 1. The minimum atomic E-state index is 0.146. The Morgan fingerprint density at radius 2 is 1.91 bits per heavy atom. The van der Waals surface area contributed by atoms with Crippen molar-refractivity contribution in [1.29, 1.82) is 0 Å². The van der Waals surface area contributed by atoms with E-state index in [0.717, 1.165) is 10.2 Å². The van der Waals surface area contributed by atoms with E-state index in [1.807, 2.05) is 24.3 Å². The van der Waals surface area contributed by atoms with Gasteiger partial charge in [0.1, 0.15) is 11.5 Å². The molecular formula is C15H12BrN3O2S. The predicted octanol–water partition coefficient (Wildman–Crippen LogP) is 4.43. The van der Waals surface area contributed by atoms with Gasteiger partial charge in [0.25, 0.3) is 0 Å². The third kappa shape index (κ3) is 3.20. The average molecular weight is 378 g/mol. The number of hydrogen-bond donors (Lipinski definition) is 2. The number of ether oxygens (including phenoxy) is 1. The summed E-state index contributed by atoms with van der Waals surface area (Å²) >= 11 is 4.75. The van der Waals surface area contributed by atoms with E-state index in [-0.39, 0.29) is 5.75 Å². The molecule has 1 aromatic heterocycles. The highest BCUT2D eigenvalue weighted by atomic mass is 79.9. The van der Waals surface area contributed by atoms with Crippen LogP contribution in [0.1, 0.15) is 0 Å². The Kier molecular flexibility index (Phi) is 4.26. The monoisotopic (exact) mass is 377 g/mol. The van der Waals surface area contributed by atoms with Crippen molar-refractivity contribution in [2.75, 3.05) is 12.4 Å². The zero-order valence-electron chi connectivity index (χ0n) is 11.6. The summed E-state index contributed by atoms with van der Waals surface area (Å²) in [6, 6.07) is 12.8. The van der Waals surface area contributed by atoms with Crippen molar-refractivity contribution in [2.24, 2.45) is 0 Å². The van der Waals surface area contributed by atoms with E-state index < -0.39 is 0 Å².